The third kappa shape index (κ3) is 5.41. The highest BCUT2D eigenvalue weighted by Crippen LogP contribution is 2.01. The first-order valence-corrected chi connectivity index (χ1v) is 6.26. The summed E-state index contributed by atoms with van der Waals surface area (Å²) in [6.07, 6.45) is 4.89. The summed E-state index contributed by atoms with van der Waals surface area (Å²) in [6, 6.07) is -1.33. The molecule has 4 N–H and O–H groups in total. The summed E-state index contributed by atoms with van der Waals surface area (Å²) >= 11 is 0. The van der Waals surface area contributed by atoms with Gasteiger partial charge in [0, 0.05) is 25.4 Å². The number of rotatable bonds is 7. The monoisotopic (exact) mass is 268 g/mol. The highest BCUT2D eigenvalue weighted by Gasteiger charge is 2.22. The molecule has 1 unspecified atom stereocenters. The van der Waals surface area contributed by atoms with Crippen LogP contribution < -0.4 is 10.6 Å². The van der Waals surface area contributed by atoms with Gasteiger partial charge in [0.2, 0.25) is 0 Å². The molecule has 1 atom stereocenters. The lowest BCUT2D eigenvalue weighted by Crippen LogP contribution is -2.48. The van der Waals surface area contributed by atoms with Crippen LogP contribution >= 0.6 is 0 Å². The van der Waals surface area contributed by atoms with E-state index in [2.05, 4.69) is 20.6 Å². The number of carbonyl (C=O) groups excluding carboxylic acids is 1. The first-order chi connectivity index (χ1) is 9.00. The molecule has 1 aromatic rings. The summed E-state index contributed by atoms with van der Waals surface area (Å²) in [5, 5.41) is 14.0. The van der Waals surface area contributed by atoms with E-state index in [1.54, 1.807) is 26.2 Å². The van der Waals surface area contributed by atoms with Crippen LogP contribution in [0.5, 0.6) is 0 Å². The van der Waals surface area contributed by atoms with Crippen LogP contribution in [0.4, 0.5) is 4.79 Å². The lowest BCUT2D eigenvalue weighted by Gasteiger charge is -2.18. The van der Waals surface area contributed by atoms with Gasteiger partial charge < -0.3 is 20.7 Å². The van der Waals surface area contributed by atoms with Gasteiger partial charge in [-0.3, -0.25) is 0 Å². The van der Waals surface area contributed by atoms with Crippen molar-refractivity contribution in [2.24, 2.45) is 5.92 Å². The van der Waals surface area contributed by atoms with Crippen molar-refractivity contribution in [2.45, 2.75) is 32.7 Å². The molecule has 0 saturated heterocycles. The first kappa shape index (κ1) is 15.0. The molecule has 0 radical (unpaired) electrons. The van der Waals surface area contributed by atoms with Gasteiger partial charge in [0.1, 0.15) is 11.9 Å². The van der Waals surface area contributed by atoms with Crippen molar-refractivity contribution in [3.63, 3.8) is 0 Å². The zero-order valence-corrected chi connectivity index (χ0v) is 11.1. The van der Waals surface area contributed by atoms with Gasteiger partial charge in [0.15, 0.2) is 0 Å². The molecule has 7 heteroatoms. The highest BCUT2D eigenvalue weighted by atomic mass is 16.4. The fraction of sp³-hybridized carbons (Fsp3) is 0.583. The number of hydrogen-bond donors (Lipinski definition) is 4. The molecule has 0 bridgehead atoms. The minimum absolute atomic E-state index is 0.161. The molecule has 0 fully saturated rings. The highest BCUT2D eigenvalue weighted by molar-refractivity contribution is 5.82. The van der Waals surface area contributed by atoms with Crippen molar-refractivity contribution in [3.05, 3.63) is 18.2 Å². The van der Waals surface area contributed by atoms with Gasteiger partial charge in [0.05, 0.1) is 0 Å². The number of nitrogens with zero attached hydrogens (tertiary/aromatic N) is 1. The fourth-order valence-electron chi connectivity index (χ4n) is 1.60. The third-order valence-electron chi connectivity index (χ3n) is 2.65. The normalized spacial score (nSPS) is 12.2. The SMILES string of the molecule is CC(C)C(NC(=O)NCCCc1ncc[nH]1)C(=O)O. The minimum Gasteiger partial charge on any atom is -0.480 e. The van der Waals surface area contributed by atoms with E-state index in [-0.39, 0.29) is 5.92 Å². The van der Waals surface area contributed by atoms with E-state index in [0.29, 0.717) is 6.54 Å². The number of urea groups is 1. The molecular weight excluding hydrogens is 248 g/mol. The van der Waals surface area contributed by atoms with Crippen molar-refractivity contribution in [1.29, 1.82) is 0 Å². The Morgan fingerprint density at radius 1 is 1.47 bits per heavy atom. The lowest BCUT2D eigenvalue weighted by molar-refractivity contribution is -0.140. The van der Waals surface area contributed by atoms with Crippen LogP contribution in [0.15, 0.2) is 12.4 Å². The number of carboxylic acids is 1. The number of amides is 2. The van der Waals surface area contributed by atoms with E-state index < -0.39 is 18.0 Å². The van der Waals surface area contributed by atoms with Crippen LogP contribution in [0, 0.1) is 5.92 Å². The quantitative estimate of drug-likeness (QED) is 0.547. The lowest BCUT2D eigenvalue weighted by atomic mass is 10.1. The van der Waals surface area contributed by atoms with Crippen LogP contribution in [-0.2, 0) is 11.2 Å². The van der Waals surface area contributed by atoms with Crippen LogP contribution in [0.3, 0.4) is 0 Å². The van der Waals surface area contributed by atoms with Crippen LogP contribution in [0.1, 0.15) is 26.1 Å². The largest absolute Gasteiger partial charge is 0.480 e. The Morgan fingerprint density at radius 3 is 2.74 bits per heavy atom. The standard InChI is InChI=1S/C12H20N4O3/c1-8(2)10(11(17)18)16-12(19)15-5-3-4-9-13-6-7-14-9/h6-8,10H,3-5H2,1-2H3,(H,13,14)(H,17,18)(H2,15,16,19). The number of hydrogen-bond acceptors (Lipinski definition) is 3. The molecule has 0 spiro atoms. The summed E-state index contributed by atoms with van der Waals surface area (Å²) in [4.78, 5) is 29.5. The van der Waals surface area contributed by atoms with E-state index in [1.807, 2.05) is 0 Å². The molecule has 0 aliphatic rings. The number of nitrogens with one attached hydrogen (secondary N) is 3. The molecule has 0 aromatic carbocycles. The van der Waals surface area contributed by atoms with Gasteiger partial charge >= 0.3 is 12.0 Å². The molecule has 1 rings (SSSR count). The van der Waals surface area contributed by atoms with E-state index in [0.717, 1.165) is 18.7 Å². The number of aliphatic carboxylic acids is 1. The minimum atomic E-state index is -1.03. The molecule has 19 heavy (non-hydrogen) atoms. The topological polar surface area (TPSA) is 107 Å². The van der Waals surface area contributed by atoms with Crippen LogP contribution in [0.2, 0.25) is 0 Å². The summed E-state index contributed by atoms with van der Waals surface area (Å²) in [7, 11) is 0. The zero-order chi connectivity index (χ0) is 14.3. The second-order valence-electron chi connectivity index (χ2n) is 4.60. The summed E-state index contributed by atoms with van der Waals surface area (Å²) in [6.45, 7) is 3.96. The van der Waals surface area contributed by atoms with Gasteiger partial charge in [-0.1, -0.05) is 13.8 Å². The van der Waals surface area contributed by atoms with E-state index >= 15 is 0 Å². The Hall–Kier alpha value is -2.05. The molecule has 2 amide bonds. The molecule has 1 aromatic heterocycles. The van der Waals surface area contributed by atoms with Crippen LogP contribution in [0.25, 0.3) is 0 Å². The van der Waals surface area contributed by atoms with Gasteiger partial charge in [-0.15, -0.1) is 0 Å². The second kappa shape index (κ2) is 7.40. The smallest absolute Gasteiger partial charge is 0.326 e. The molecule has 0 aliphatic carbocycles. The predicted molar refractivity (Wildman–Crippen MR) is 69.7 cm³/mol. The maximum atomic E-state index is 11.5. The van der Waals surface area contributed by atoms with Crippen molar-refractivity contribution < 1.29 is 14.7 Å². The molecule has 0 aliphatic heterocycles. The molecule has 1 heterocycles. The molecule has 7 nitrogen and oxygen atoms in total. The Kier molecular flexibility index (Phi) is 5.84. The molecule has 106 valence electrons. The molecule has 0 saturated carbocycles. The van der Waals surface area contributed by atoms with Gasteiger partial charge in [0.25, 0.3) is 0 Å². The van der Waals surface area contributed by atoms with Gasteiger partial charge in [-0.2, -0.15) is 0 Å². The Bertz CT molecular complexity index is 403. The number of imidazole rings is 1. The summed E-state index contributed by atoms with van der Waals surface area (Å²) in [5.74, 6) is -0.320. The van der Waals surface area contributed by atoms with Crippen molar-refractivity contribution in [1.82, 2.24) is 20.6 Å². The van der Waals surface area contributed by atoms with E-state index in [4.69, 9.17) is 5.11 Å². The second-order valence-corrected chi connectivity index (χ2v) is 4.60. The Balaban J connectivity index is 2.21. The molecular formula is C12H20N4O3. The number of H-pyrrole nitrogens is 1. The number of carboxylic acid groups (broad SMARTS) is 1. The van der Waals surface area contributed by atoms with Gasteiger partial charge in [-0.25, -0.2) is 14.6 Å². The van der Waals surface area contributed by atoms with Crippen LogP contribution in [-0.4, -0.2) is 39.7 Å². The Labute approximate surface area is 111 Å². The zero-order valence-electron chi connectivity index (χ0n) is 11.1. The van der Waals surface area contributed by atoms with Gasteiger partial charge in [-0.05, 0) is 12.3 Å². The average Bonchev–Trinajstić information content (AvgIpc) is 2.84. The van der Waals surface area contributed by atoms with Crippen molar-refractivity contribution in [3.8, 4) is 0 Å². The first-order valence-electron chi connectivity index (χ1n) is 6.26. The number of aryl methyl sites for hydroxylation is 1. The summed E-state index contributed by atoms with van der Waals surface area (Å²) < 4.78 is 0. The summed E-state index contributed by atoms with van der Waals surface area (Å²) in [5.41, 5.74) is 0. The van der Waals surface area contributed by atoms with E-state index in [9.17, 15) is 9.59 Å². The third-order valence-corrected chi connectivity index (χ3v) is 2.65. The number of aromatic nitrogens is 2. The fourth-order valence-corrected chi connectivity index (χ4v) is 1.60. The maximum absolute atomic E-state index is 11.5. The Morgan fingerprint density at radius 2 is 2.21 bits per heavy atom. The van der Waals surface area contributed by atoms with E-state index in [1.165, 1.54) is 0 Å². The predicted octanol–water partition coefficient (Wildman–Crippen LogP) is 0.751. The number of aromatic amines is 1. The number of carbonyl (C=O) groups is 2. The van der Waals surface area contributed by atoms with Crippen molar-refractivity contribution in [2.75, 3.05) is 6.54 Å². The van der Waals surface area contributed by atoms with Crippen molar-refractivity contribution >= 4 is 12.0 Å². The maximum Gasteiger partial charge on any atom is 0.326 e. The average molecular weight is 268 g/mol.